The van der Waals surface area contributed by atoms with Crippen LogP contribution in [0.5, 0.6) is 17.2 Å². The van der Waals surface area contributed by atoms with Crippen LogP contribution >= 0.6 is 0 Å². The molecule has 2 aromatic carbocycles. The van der Waals surface area contributed by atoms with Crippen LogP contribution in [0.15, 0.2) is 42.5 Å². The van der Waals surface area contributed by atoms with E-state index in [-0.39, 0.29) is 18.4 Å². The first-order valence-corrected chi connectivity index (χ1v) is 10.3. The molecule has 3 rings (SSSR count). The summed E-state index contributed by atoms with van der Waals surface area (Å²) in [7, 11) is 1.68. The van der Waals surface area contributed by atoms with Gasteiger partial charge in [-0.25, -0.2) is 0 Å². The molecule has 0 spiro atoms. The quantitative estimate of drug-likeness (QED) is 0.675. The number of para-hydroxylation sites is 1. The van der Waals surface area contributed by atoms with Crippen molar-refractivity contribution in [3.8, 4) is 17.2 Å². The Bertz CT molecular complexity index is 783. The molecule has 0 radical (unpaired) electrons. The molecule has 0 bridgehead atoms. The number of aliphatic hydroxyl groups excluding tert-OH is 1. The van der Waals surface area contributed by atoms with Crippen molar-refractivity contribution in [1.82, 2.24) is 9.80 Å². The molecule has 1 aliphatic heterocycles. The maximum Gasteiger partial charge on any atom is 0.162 e. The lowest BCUT2D eigenvalue weighted by atomic mass is 10.1. The highest BCUT2D eigenvalue weighted by molar-refractivity contribution is 5.45. The molecule has 158 valence electrons. The first-order valence-electron chi connectivity index (χ1n) is 10.3. The number of methoxy groups -OCH3 is 1. The Balaban J connectivity index is 1.66. The Morgan fingerprint density at radius 2 is 1.93 bits per heavy atom. The second-order valence-corrected chi connectivity index (χ2v) is 7.42. The number of aromatic hydroxyl groups is 1. The van der Waals surface area contributed by atoms with Gasteiger partial charge in [0.15, 0.2) is 11.5 Å². The van der Waals surface area contributed by atoms with Crippen LogP contribution in [0.25, 0.3) is 0 Å². The standard InChI is InChI=1S/C23H32N2O4/c1-3-29-22-9-5-7-19(23(22)27)16-24-11-12-25(20(17-24)10-13-26)15-18-6-4-8-21(14-18)28-2/h4-9,14,20,26-27H,3,10-13,15-17H2,1-2H3/t20-/m0/s1. The number of aliphatic hydroxyl groups is 1. The number of piperazine rings is 1. The highest BCUT2D eigenvalue weighted by atomic mass is 16.5. The maximum absolute atomic E-state index is 10.5. The van der Waals surface area contributed by atoms with Crippen molar-refractivity contribution in [2.45, 2.75) is 32.5 Å². The SMILES string of the molecule is CCOc1cccc(CN2CCN(Cc3cccc(OC)c3)[C@@H](CCO)C2)c1O. The molecule has 6 nitrogen and oxygen atoms in total. The number of ether oxygens (including phenoxy) is 2. The molecule has 6 heteroatoms. The van der Waals surface area contributed by atoms with E-state index >= 15 is 0 Å². The molecule has 1 aliphatic rings. The summed E-state index contributed by atoms with van der Waals surface area (Å²) in [6, 6.07) is 14.1. The Hall–Kier alpha value is -2.28. The van der Waals surface area contributed by atoms with Crippen molar-refractivity contribution >= 4 is 0 Å². The van der Waals surface area contributed by atoms with Gasteiger partial charge in [0.25, 0.3) is 0 Å². The Labute approximate surface area is 173 Å². The summed E-state index contributed by atoms with van der Waals surface area (Å²) < 4.78 is 10.8. The maximum atomic E-state index is 10.5. The van der Waals surface area contributed by atoms with Crippen LogP contribution in [-0.2, 0) is 13.1 Å². The fourth-order valence-electron chi connectivity index (χ4n) is 3.95. The van der Waals surface area contributed by atoms with Gasteiger partial charge in [-0.15, -0.1) is 0 Å². The number of hydrogen-bond donors (Lipinski definition) is 2. The van der Waals surface area contributed by atoms with E-state index in [1.807, 2.05) is 31.2 Å². The van der Waals surface area contributed by atoms with Crippen LogP contribution in [0.1, 0.15) is 24.5 Å². The summed E-state index contributed by atoms with van der Waals surface area (Å²) in [5.41, 5.74) is 2.09. The number of rotatable bonds is 9. The fourth-order valence-corrected chi connectivity index (χ4v) is 3.95. The summed E-state index contributed by atoms with van der Waals surface area (Å²) in [5, 5.41) is 20.1. The van der Waals surface area contributed by atoms with E-state index in [0.717, 1.165) is 43.9 Å². The molecule has 1 atom stereocenters. The average molecular weight is 401 g/mol. The van der Waals surface area contributed by atoms with Gasteiger partial charge in [0.1, 0.15) is 5.75 Å². The summed E-state index contributed by atoms with van der Waals surface area (Å²) >= 11 is 0. The topological polar surface area (TPSA) is 65.4 Å². The third-order valence-corrected chi connectivity index (χ3v) is 5.45. The van der Waals surface area contributed by atoms with Crippen molar-refractivity contribution < 1.29 is 19.7 Å². The molecule has 1 saturated heterocycles. The highest BCUT2D eigenvalue weighted by Gasteiger charge is 2.27. The molecule has 2 N–H and O–H groups in total. The second-order valence-electron chi connectivity index (χ2n) is 7.42. The minimum atomic E-state index is 0.165. The van der Waals surface area contributed by atoms with Crippen molar-refractivity contribution in [3.63, 3.8) is 0 Å². The summed E-state index contributed by atoms with van der Waals surface area (Å²) in [6.07, 6.45) is 0.728. The molecule has 1 fully saturated rings. The number of benzene rings is 2. The first-order chi connectivity index (χ1) is 14.1. The van der Waals surface area contributed by atoms with Crippen molar-refractivity contribution in [2.24, 2.45) is 0 Å². The second kappa shape index (κ2) is 10.5. The molecule has 2 aromatic rings. The van der Waals surface area contributed by atoms with Gasteiger partial charge in [-0.2, -0.15) is 0 Å². The summed E-state index contributed by atoms with van der Waals surface area (Å²) in [5.74, 6) is 1.63. The lowest BCUT2D eigenvalue weighted by molar-refractivity contribution is 0.0495. The minimum Gasteiger partial charge on any atom is -0.504 e. The van der Waals surface area contributed by atoms with Crippen LogP contribution in [0.2, 0.25) is 0 Å². The smallest absolute Gasteiger partial charge is 0.162 e. The van der Waals surface area contributed by atoms with Gasteiger partial charge in [-0.05, 0) is 37.1 Å². The van der Waals surface area contributed by atoms with Gasteiger partial charge in [0.2, 0.25) is 0 Å². The molecule has 0 aliphatic carbocycles. The Morgan fingerprint density at radius 3 is 2.69 bits per heavy atom. The van der Waals surface area contributed by atoms with E-state index in [1.54, 1.807) is 13.2 Å². The minimum absolute atomic E-state index is 0.165. The molecular formula is C23H32N2O4. The van der Waals surface area contributed by atoms with Crippen molar-refractivity contribution in [2.75, 3.05) is 40.0 Å². The molecule has 1 heterocycles. The van der Waals surface area contributed by atoms with E-state index in [4.69, 9.17) is 9.47 Å². The summed E-state index contributed by atoms with van der Waals surface area (Å²) in [4.78, 5) is 4.77. The molecule has 0 unspecified atom stereocenters. The predicted octanol–water partition coefficient (Wildman–Crippen LogP) is 2.87. The molecule has 0 saturated carbocycles. The number of phenols is 1. The largest absolute Gasteiger partial charge is 0.504 e. The molecule has 29 heavy (non-hydrogen) atoms. The normalized spacial score (nSPS) is 18.0. The van der Waals surface area contributed by atoms with Gasteiger partial charge >= 0.3 is 0 Å². The van der Waals surface area contributed by atoms with Crippen LogP contribution in [0.4, 0.5) is 0 Å². The lowest BCUT2D eigenvalue weighted by Crippen LogP contribution is -2.52. The van der Waals surface area contributed by atoms with E-state index in [0.29, 0.717) is 18.9 Å². The van der Waals surface area contributed by atoms with Gasteiger partial charge in [-0.3, -0.25) is 9.80 Å². The van der Waals surface area contributed by atoms with Crippen LogP contribution in [0.3, 0.4) is 0 Å². The van der Waals surface area contributed by atoms with Gasteiger partial charge < -0.3 is 19.7 Å². The highest BCUT2D eigenvalue weighted by Crippen LogP contribution is 2.31. The molecular weight excluding hydrogens is 368 g/mol. The van der Waals surface area contributed by atoms with Crippen molar-refractivity contribution in [1.29, 1.82) is 0 Å². The fraction of sp³-hybridized carbons (Fsp3) is 0.478. The third-order valence-electron chi connectivity index (χ3n) is 5.45. The predicted molar refractivity (Wildman–Crippen MR) is 113 cm³/mol. The average Bonchev–Trinajstić information content (AvgIpc) is 2.73. The monoisotopic (exact) mass is 400 g/mol. The van der Waals surface area contributed by atoms with Gasteiger partial charge in [0.05, 0.1) is 13.7 Å². The van der Waals surface area contributed by atoms with Crippen LogP contribution in [0, 0.1) is 0 Å². The van der Waals surface area contributed by atoms with Gasteiger partial charge in [0, 0.05) is 50.9 Å². The van der Waals surface area contributed by atoms with E-state index in [9.17, 15) is 10.2 Å². The van der Waals surface area contributed by atoms with Crippen LogP contribution < -0.4 is 9.47 Å². The van der Waals surface area contributed by atoms with E-state index < -0.39 is 0 Å². The number of phenolic OH excluding ortho intramolecular Hbond substituents is 1. The first kappa shape index (κ1) is 21.4. The Morgan fingerprint density at radius 1 is 1.10 bits per heavy atom. The zero-order chi connectivity index (χ0) is 20.6. The summed E-state index contributed by atoms with van der Waals surface area (Å²) in [6.45, 7) is 6.77. The number of nitrogens with zero attached hydrogens (tertiary/aromatic N) is 2. The van der Waals surface area contributed by atoms with E-state index in [2.05, 4.69) is 21.9 Å². The molecule has 0 aromatic heterocycles. The zero-order valence-corrected chi connectivity index (χ0v) is 17.4. The van der Waals surface area contributed by atoms with Crippen molar-refractivity contribution in [3.05, 3.63) is 53.6 Å². The Kier molecular flexibility index (Phi) is 7.75. The van der Waals surface area contributed by atoms with E-state index in [1.165, 1.54) is 5.56 Å². The number of hydrogen-bond acceptors (Lipinski definition) is 6. The third kappa shape index (κ3) is 5.63. The zero-order valence-electron chi connectivity index (χ0n) is 17.4. The van der Waals surface area contributed by atoms with Crippen LogP contribution in [-0.4, -0.2) is 66.0 Å². The lowest BCUT2D eigenvalue weighted by Gasteiger charge is -2.41. The van der Waals surface area contributed by atoms with Gasteiger partial charge in [-0.1, -0.05) is 24.3 Å². The molecule has 0 amide bonds.